The minimum Gasteiger partial charge on any atom is -0.696 e. The van der Waals surface area contributed by atoms with E-state index in [2.05, 4.69) is 22.2 Å². The molecule has 1 unspecified atom stereocenters. The van der Waals surface area contributed by atoms with Crippen LogP contribution in [-0.4, -0.2) is 77.8 Å². The maximum absolute atomic E-state index is 12.6. The van der Waals surface area contributed by atoms with Gasteiger partial charge < -0.3 is 40.0 Å². The first-order valence-corrected chi connectivity index (χ1v) is 13.8. The van der Waals surface area contributed by atoms with Crippen molar-refractivity contribution >= 4 is 28.4 Å². The minimum absolute atomic E-state index is 0.187. The number of nitrogens with one attached hydrogen (secondary N) is 2. The second-order valence-corrected chi connectivity index (χ2v) is 10.9. The third kappa shape index (κ3) is 7.71. The minimum atomic E-state index is -4.44. The highest BCUT2D eigenvalue weighted by Crippen LogP contribution is 2.39. The maximum Gasteiger partial charge on any atom is 0.416 e. The number of carboxylic acid groups (broad SMARTS) is 1. The van der Waals surface area contributed by atoms with Gasteiger partial charge in [-0.2, -0.15) is 13.2 Å². The fourth-order valence-electron chi connectivity index (χ4n) is 5.16. The second kappa shape index (κ2) is 13.4. The Bertz CT molecular complexity index is 1620. The van der Waals surface area contributed by atoms with E-state index in [1.807, 2.05) is 24.3 Å². The molecule has 4 aromatic rings. The van der Waals surface area contributed by atoms with Crippen LogP contribution in [0, 0.1) is 0 Å². The van der Waals surface area contributed by atoms with Crippen LogP contribution in [0.4, 0.5) is 24.7 Å². The van der Waals surface area contributed by atoms with Gasteiger partial charge in [-0.15, -0.1) is 0 Å². The van der Waals surface area contributed by atoms with Crippen molar-refractivity contribution in [3.63, 3.8) is 0 Å². The van der Waals surface area contributed by atoms with E-state index < -0.39 is 17.7 Å². The van der Waals surface area contributed by atoms with Gasteiger partial charge in [-0.3, -0.25) is 0 Å². The van der Waals surface area contributed by atoms with Crippen molar-refractivity contribution < 1.29 is 32.5 Å². The lowest BCUT2D eigenvalue weighted by Crippen LogP contribution is -2.23. The highest BCUT2D eigenvalue weighted by atomic mass is 19.4. The van der Waals surface area contributed by atoms with Crippen molar-refractivity contribution in [3.8, 4) is 17.2 Å². The van der Waals surface area contributed by atoms with E-state index in [1.54, 1.807) is 48.9 Å². The van der Waals surface area contributed by atoms with Crippen LogP contribution in [0.15, 0.2) is 54.7 Å². The molecule has 3 heterocycles. The summed E-state index contributed by atoms with van der Waals surface area (Å²) in [7, 11) is 8.67. The zero-order valence-electron chi connectivity index (χ0n) is 25.2. The first-order chi connectivity index (χ1) is 20.8. The molecule has 1 atom stereocenters. The molecule has 1 saturated heterocycles. The summed E-state index contributed by atoms with van der Waals surface area (Å²) in [4.78, 5) is 19.8. The molecule has 0 amide bonds. The Hall–Kier alpha value is -4.49. The van der Waals surface area contributed by atoms with Gasteiger partial charge in [-0.25, -0.2) is 9.78 Å². The molecule has 5 rings (SSSR count). The summed E-state index contributed by atoms with van der Waals surface area (Å²) < 4.78 is 50.4. The van der Waals surface area contributed by atoms with Crippen molar-refractivity contribution in [2.24, 2.45) is 7.05 Å². The fraction of sp³-hybridized carbons (Fsp3) is 0.355. The fourth-order valence-corrected chi connectivity index (χ4v) is 5.16. The molecule has 1 aliphatic rings. The molecule has 0 saturated carbocycles. The van der Waals surface area contributed by atoms with Gasteiger partial charge in [0.15, 0.2) is 5.75 Å². The predicted molar refractivity (Wildman–Crippen MR) is 163 cm³/mol. The van der Waals surface area contributed by atoms with Gasteiger partial charge in [0, 0.05) is 49.4 Å². The normalized spacial score (nSPS) is 15.2. The number of pyridine rings is 1. The van der Waals surface area contributed by atoms with E-state index in [0.717, 1.165) is 48.4 Å². The summed E-state index contributed by atoms with van der Waals surface area (Å²) in [6.45, 7) is 2.36. The van der Waals surface area contributed by atoms with Crippen LogP contribution in [0.1, 0.15) is 28.0 Å². The topological polar surface area (TPSA) is 116 Å². The Labute approximate surface area is 253 Å². The standard InChI is InChI=1S/C20H22N4O3.C11H14F3N2O/c1-23-9-7-14(12-23)22-18-11-15(6-8-21-18)27-17-5-3-4-13-10-16(20(25)26)24(2)19(13)17;1-16(2)6-7-4-8(11(12,13)14)5-9(15)10(7)17-3/h3-6,8,10-11,14H,7,9,12H2,1-2H3,(H,21,22)(H,25,26);4-5,15H,6H2,1-3H3/q;-1. The van der Waals surface area contributed by atoms with Gasteiger partial charge in [0.2, 0.25) is 0 Å². The lowest BCUT2D eigenvalue weighted by molar-refractivity contribution is -0.137. The molecule has 3 N–H and O–H groups in total. The van der Waals surface area contributed by atoms with Crippen molar-refractivity contribution in [2.75, 3.05) is 46.7 Å². The summed E-state index contributed by atoms with van der Waals surface area (Å²) in [6.07, 6.45) is -1.64. The van der Waals surface area contributed by atoms with Gasteiger partial charge in [0.1, 0.15) is 23.0 Å². The molecule has 13 heteroatoms. The number of likely N-dealkylation sites (tertiary alicyclic amines) is 1. The molecule has 0 aliphatic carbocycles. The predicted octanol–water partition coefficient (Wildman–Crippen LogP) is 6.64. The number of likely N-dealkylation sites (N-methyl/N-ethyl adjacent to an activating group) is 1. The van der Waals surface area contributed by atoms with Gasteiger partial charge in [0.25, 0.3) is 0 Å². The zero-order valence-corrected chi connectivity index (χ0v) is 25.2. The largest absolute Gasteiger partial charge is 0.696 e. The van der Waals surface area contributed by atoms with E-state index in [1.165, 1.54) is 7.11 Å². The molecular formula is C31H36F3N6O4-. The number of para-hydroxylation sites is 1. The van der Waals surface area contributed by atoms with Crippen LogP contribution >= 0.6 is 0 Å². The van der Waals surface area contributed by atoms with Crippen molar-refractivity contribution in [1.82, 2.24) is 19.4 Å². The monoisotopic (exact) mass is 613 g/mol. The number of hydrogen-bond acceptors (Lipinski definition) is 7. The quantitative estimate of drug-likeness (QED) is 0.227. The number of rotatable bonds is 8. The number of benzene rings is 2. The van der Waals surface area contributed by atoms with E-state index in [9.17, 15) is 23.1 Å². The third-order valence-electron chi connectivity index (χ3n) is 7.12. The number of hydrogen-bond donors (Lipinski definition) is 2. The lowest BCUT2D eigenvalue weighted by atomic mass is 10.1. The van der Waals surface area contributed by atoms with E-state index >= 15 is 0 Å². The summed E-state index contributed by atoms with van der Waals surface area (Å²) >= 11 is 0. The average Bonchev–Trinajstić information content (AvgIpc) is 3.51. The summed E-state index contributed by atoms with van der Waals surface area (Å²) in [5.74, 6) is 1.27. The van der Waals surface area contributed by atoms with Gasteiger partial charge in [0.05, 0.1) is 18.2 Å². The Morgan fingerprint density at radius 1 is 1.18 bits per heavy atom. The van der Waals surface area contributed by atoms with Crippen molar-refractivity contribution in [2.45, 2.75) is 25.2 Å². The molecule has 236 valence electrons. The van der Waals surface area contributed by atoms with E-state index in [0.29, 0.717) is 29.6 Å². The number of aromatic carboxylic acids is 1. The van der Waals surface area contributed by atoms with Crippen molar-refractivity contribution in [1.29, 1.82) is 0 Å². The third-order valence-corrected chi connectivity index (χ3v) is 7.12. The van der Waals surface area contributed by atoms with Crippen LogP contribution in [-0.2, 0) is 19.8 Å². The molecule has 2 aromatic carbocycles. The van der Waals surface area contributed by atoms with E-state index in [4.69, 9.17) is 15.2 Å². The van der Waals surface area contributed by atoms with Crippen LogP contribution in [0.3, 0.4) is 0 Å². The number of fused-ring (bicyclic) bond motifs is 1. The number of aromatic nitrogens is 2. The number of halogens is 3. The number of aryl methyl sites for hydroxylation is 1. The molecule has 10 nitrogen and oxygen atoms in total. The Kier molecular flexibility index (Phi) is 9.90. The number of ether oxygens (including phenoxy) is 2. The molecule has 0 spiro atoms. The van der Waals surface area contributed by atoms with Gasteiger partial charge in [-0.1, -0.05) is 23.9 Å². The number of carbonyl (C=O) groups is 1. The van der Waals surface area contributed by atoms with Crippen LogP contribution in [0.2, 0.25) is 0 Å². The number of anilines is 1. The SMILES string of the molecule is CN1CCC(Nc2cc(Oc3cccc4cc(C(=O)O)n(C)c34)ccn2)C1.COc1c([NH-])cc(C(F)(F)F)cc1CN(C)C. The summed E-state index contributed by atoms with van der Waals surface area (Å²) in [6, 6.07) is 13.1. The van der Waals surface area contributed by atoms with Crippen LogP contribution in [0.5, 0.6) is 17.2 Å². The number of nitrogens with zero attached hydrogens (tertiary/aromatic N) is 4. The Morgan fingerprint density at radius 3 is 2.55 bits per heavy atom. The molecule has 0 radical (unpaired) electrons. The summed E-state index contributed by atoms with van der Waals surface area (Å²) in [5.41, 5.74) is 7.80. The Balaban J connectivity index is 0.000000225. The molecule has 44 heavy (non-hydrogen) atoms. The number of carboxylic acids is 1. The highest BCUT2D eigenvalue weighted by Gasteiger charge is 2.31. The van der Waals surface area contributed by atoms with Crippen molar-refractivity contribution in [3.05, 3.63) is 77.3 Å². The first-order valence-electron chi connectivity index (χ1n) is 13.8. The number of methoxy groups -OCH3 is 1. The van der Waals surface area contributed by atoms with Crippen LogP contribution < -0.4 is 14.8 Å². The number of alkyl halides is 3. The van der Waals surface area contributed by atoms with Crippen LogP contribution in [0.25, 0.3) is 16.6 Å². The molecule has 2 aromatic heterocycles. The molecule has 1 aliphatic heterocycles. The molecular weight excluding hydrogens is 577 g/mol. The van der Waals surface area contributed by atoms with Gasteiger partial charge in [-0.05, 0) is 58.4 Å². The Morgan fingerprint density at radius 2 is 1.93 bits per heavy atom. The lowest BCUT2D eigenvalue weighted by Gasteiger charge is -2.21. The highest BCUT2D eigenvalue weighted by molar-refractivity contribution is 5.96. The maximum atomic E-state index is 12.6. The van der Waals surface area contributed by atoms with E-state index in [-0.39, 0.29) is 17.1 Å². The average molecular weight is 614 g/mol. The summed E-state index contributed by atoms with van der Waals surface area (Å²) in [5, 5.41) is 13.6. The van der Waals surface area contributed by atoms with Gasteiger partial charge >= 0.3 is 12.1 Å². The second-order valence-electron chi connectivity index (χ2n) is 10.9. The molecule has 0 bridgehead atoms. The first kappa shape index (κ1) is 32.4. The smallest absolute Gasteiger partial charge is 0.416 e. The zero-order chi connectivity index (χ0) is 32.2. The molecule has 1 fully saturated rings.